The maximum atomic E-state index is 5.73. The SMILES string of the molecule is COc1cc(CNC(=S)Nc2cc(C)cc(C)c2)ccc1OC(C)C. The van der Waals surface area contributed by atoms with Crippen LogP contribution in [0.2, 0.25) is 0 Å². The average Bonchev–Trinajstić information content (AvgIpc) is 2.52. The standard InChI is InChI=1S/C20H26N2O2S/c1-13(2)24-18-7-6-16(11-19(18)23-5)12-21-20(25)22-17-9-14(3)8-15(4)10-17/h6-11,13H,12H2,1-5H3,(H2,21,22,25). The van der Waals surface area contributed by atoms with Crippen LogP contribution in [0.15, 0.2) is 36.4 Å². The van der Waals surface area contributed by atoms with Crippen LogP contribution in [0.1, 0.15) is 30.5 Å². The third-order valence-electron chi connectivity index (χ3n) is 3.52. The largest absolute Gasteiger partial charge is 0.493 e. The van der Waals surface area contributed by atoms with Crippen LogP contribution in [0, 0.1) is 13.8 Å². The molecule has 0 aromatic heterocycles. The molecule has 0 saturated heterocycles. The van der Waals surface area contributed by atoms with Crippen LogP contribution in [-0.2, 0) is 6.54 Å². The van der Waals surface area contributed by atoms with Crippen molar-refractivity contribution < 1.29 is 9.47 Å². The molecule has 4 nitrogen and oxygen atoms in total. The van der Waals surface area contributed by atoms with Crippen LogP contribution in [-0.4, -0.2) is 18.3 Å². The quantitative estimate of drug-likeness (QED) is 0.740. The Balaban J connectivity index is 1.97. The molecule has 0 saturated carbocycles. The van der Waals surface area contributed by atoms with Crippen LogP contribution in [0.5, 0.6) is 11.5 Å². The molecule has 0 amide bonds. The molecule has 2 N–H and O–H groups in total. The highest BCUT2D eigenvalue weighted by Gasteiger charge is 2.08. The van der Waals surface area contributed by atoms with Gasteiger partial charge >= 0.3 is 0 Å². The average molecular weight is 359 g/mol. The van der Waals surface area contributed by atoms with Gasteiger partial charge in [0, 0.05) is 12.2 Å². The fourth-order valence-corrected chi connectivity index (χ4v) is 2.77. The molecule has 2 aromatic carbocycles. The van der Waals surface area contributed by atoms with Gasteiger partial charge in [0.1, 0.15) is 0 Å². The van der Waals surface area contributed by atoms with Crippen molar-refractivity contribution in [3.05, 3.63) is 53.1 Å². The summed E-state index contributed by atoms with van der Waals surface area (Å²) in [6.07, 6.45) is 0.104. The molecule has 0 aliphatic heterocycles. The Hall–Kier alpha value is -2.27. The Kier molecular flexibility index (Phi) is 6.65. The topological polar surface area (TPSA) is 42.5 Å². The van der Waals surface area contributed by atoms with Crippen molar-refractivity contribution in [3.8, 4) is 11.5 Å². The lowest BCUT2D eigenvalue weighted by molar-refractivity contribution is 0.230. The van der Waals surface area contributed by atoms with Crippen LogP contribution in [0.25, 0.3) is 0 Å². The van der Waals surface area contributed by atoms with Crippen molar-refractivity contribution in [3.63, 3.8) is 0 Å². The van der Waals surface area contributed by atoms with E-state index in [2.05, 4.69) is 42.7 Å². The minimum atomic E-state index is 0.104. The van der Waals surface area contributed by atoms with E-state index in [9.17, 15) is 0 Å². The van der Waals surface area contributed by atoms with E-state index in [-0.39, 0.29) is 6.10 Å². The van der Waals surface area contributed by atoms with Crippen LogP contribution in [0.4, 0.5) is 5.69 Å². The molecular formula is C20H26N2O2S. The number of anilines is 1. The second kappa shape index (κ2) is 8.72. The summed E-state index contributed by atoms with van der Waals surface area (Å²) in [5.74, 6) is 1.47. The van der Waals surface area contributed by atoms with Crippen molar-refractivity contribution >= 4 is 23.0 Å². The summed E-state index contributed by atoms with van der Waals surface area (Å²) in [5.41, 5.74) is 4.47. The number of thiocarbonyl (C=S) groups is 1. The number of methoxy groups -OCH3 is 1. The fourth-order valence-electron chi connectivity index (χ4n) is 2.58. The van der Waals surface area contributed by atoms with Gasteiger partial charge in [-0.1, -0.05) is 12.1 Å². The number of aryl methyl sites for hydroxylation is 2. The Morgan fingerprint density at radius 1 is 1.04 bits per heavy atom. The monoisotopic (exact) mass is 358 g/mol. The zero-order valence-electron chi connectivity index (χ0n) is 15.5. The molecule has 2 aromatic rings. The van der Waals surface area contributed by atoms with E-state index in [1.54, 1.807) is 7.11 Å². The lowest BCUT2D eigenvalue weighted by atomic mass is 10.1. The summed E-state index contributed by atoms with van der Waals surface area (Å²) in [4.78, 5) is 0. The second-order valence-electron chi connectivity index (χ2n) is 6.34. The molecule has 0 heterocycles. The molecule has 0 spiro atoms. The van der Waals surface area contributed by atoms with E-state index in [0.29, 0.717) is 11.7 Å². The summed E-state index contributed by atoms with van der Waals surface area (Å²) in [7, 11) is 1.64. The van der Waals surface area contributed by atoms with Crippen LogP contribution < -0.4 is 20.1 Å². The summed E-state index contributed by atoms with van der Waals surface area (Å²) >= 11 is 5.39. The first-order chi connectivity index (χ1) is 11.9. The molecule has 0 aliphatic rings. The minimum absolute atomic E-state index is 0.104. The Bertz CT molecular complexity index is 724. The van der Waals surface area contributed by atoms with Crippen LogP contribution >= 0.6 is 12.2 Å². The van der Waals surface area contributed by atoms with Gasteiger partial charge in [0.2, 0.25) is 0 Å². The highest BCUT2D eigenvalue weighted by molar-refractivity contribution is 7.80. The maximum absolute atomic E-state index is 5.73. The highest BCUT2D eigenvalue weighted by Crippen LogP contribution is 2.28. The molecule has 5 heteroatoms. The summed E-state index contributed by atoms with van der Waals surface area (Å²) in [6, 6.07) is 12.2. The minimum Gasteiger partial charge on any atom is -0.493 e. The van der Waals surface area contributed by atoms with E-state index in [1.807, 2.05) is 32.0 Å². The summed E-state index contributed by atoms with van der Waals surface area (Å²) in [5, 5.41) is 7.04. The molecule has 134 valence electrons. The zero-order valence-corrected chi connectivity index (χ0v) is 16.3. The number of hydrogen-bond donors (Lipinski definition) is 2. The van der Waals surface area contributed by atoms with E-state index in [1.165, 1.54) is 11.1 Å². The van der Waals surface area contributed by atoms with Gasteiger partial charge in [-0.2, -0.15) is 0 Å². The van der Waals surface area contributed by atoms with Crippen molar-refractivity contribution in [2.45, 2.75) is 40.3 Å². The van der Waals surface area contributed by atoms with E-state index >= 15 is 0 Å². The third kappa shape index (κ3) is 5.94. The van der Waals surface area contributed by atoms with Gasteiger partial charge in [0.05, 0.1) is 13.2 Å². The van der Waals surface area contributed by atoms with Crippen LogP contribution in [0.3, 0.4) is 0 Å². The lowest BCUT2D eigenvalue weighted by Crippen LogP contribution is -2.27. The molecule has 0 fully saturated rings. The van der Waals surface area contributed by atoms with Gasteiger partial charge in [0.25, 0.3) is 0 Å². The smallest absolute Gasteiger partial charge is 0.171 e. The van der Waals surface area contributed by atoms with Crippen molar-refractivity contribution in [2.24, 2.45) is 0 Å². The molecule has 0 atom stereocenters. The summed E-state index contributed by atoms with van der Waals surface area (Å²) < 4.78 is 11.1. The van der Waals surface area contributed by atoms with Gasteiger partial charge in [-0.05, 0) is 80.9 Å². The highest BCUT2D eigenvalue weighted by atomic mass is 32.1. The number of hydrogen-bond acceptors (Lipinski definition) is 3. The predicted octanol–water partition coefficient (Wildman–Crippen LogP) is 4.59. The van der Waals surface area contributed by atoms with Crippen molar-refractivity contribution in [1.82, 2.24) is 5.32 Å². The molecule has 0 aliphatic carbocycles. The van der Waals surface area contributed by atoms with E-state index in [0.717, 1.165) is 22.7 Å². The predicted molar refractivity (Wildman–Crippen MR) is 108 cm³/mol. The molecule has 25 heavy (non-hydrogen) atoms. The number of benzene rings is 2. The molecule has 0 radical (unpaired) electrons. The Morgan fingerprint density at radius 3 is 2.32 bits per heavy atom. The lowest BCUT2D eigenvalue weighted by Gasteiger charge is -2.15. The van der Waals surface area contributed by atoms with Gasteiger partial charge in [-0.15, -0.1) is 0 Å². The summed E-state index contributed by atoms with van der Waals surface area (Å²) in [6.45, 7) is 8.73. The van der Waals surface area contributed by atoms with Gasteiger partial charge in [-0.25, -0.2) is 0 Å². The van der Waals surface area contributed by atoms with Gasteiger partial charge in [-0.3, -0.25) is 0 Å². The molecular weight excluding hydrogens is 332 g/mol. The number of rotatable bonds is 6. The van der Waals surface area contributed by atoms with Crippen molar-refractivity contribution in [2.75, 3.05) is 12.4 Å². The normalized spacial score (nSPS) is 10.5. The maximum Gasteiger partial charge on any atom is 0.171 e. The zero-order chi connectivity index (χ0) is 18.4. The van der Waals surface area contributed by atoms with E-state index in [4.69, 9.17) is 21.7 Å². The molecule has 0 unspecified atom stereocenters. The third-order valence-corrected chi connectivity index (χ3v) is 3.77. The molecule has 0 bridgehead atoms. The number of ether oxygens (including phenoxy) is 2. The second-order valence-corrected chi connectivity index (χ2v) is 6.74. The van der Waals surface area contributed by atoms with E-state index < -0.39 is 0 Å². The first-order valence-corrected chi connectivity index (χ1v) is 8.75. The first kappa shape index (κ1) is 19.1. The number of nitrogens with one attached hydrogen (secondary N) is 2. The fraction of sp³-hybridized carbons (Fsp3) is 0.350. The van der Waals surface area contributed by atoms with Gasteiger partial charge < -0.3 is 20.1 Å². The molecule has 2 rings (SSSR count). The Labute approximate surface area is 155 Å². The first-order valence-electron chi connectivity index (χ1n) is 8.34. The van der Waals surface area contributed by atoms with Gasteiger partial charge in [0.15, 0.2) is 16.6 Å². The Morgan fingerprint density at radius 2 is 1.72 bits per heavy atom. The van der Waals surface area contributed by atoms with Crippen molar-refractivity contribution in [1.29, 1.82) is 0 Å².